The quantitative estimate of drug-likeness (QED) is 0.744. The largest absolute Gasteiger partial charge is 0.488 e. The molecule has 4 nitrogen and oxygen atoms in total. The Morgan fingerprint density at radius 1 is 1.67 bits per heavy atom. The first-order valence-electron chi connectivity index (χ1n) is 5.65. The average Bonchev–Trinajstić information content (AvgIpc) is 2.85. The van der Waals surface area contributed by atoms with Crippen molar-refractivity contribution >= 4 is 0 Å². The highest BCUT2D eigenvalue weighted by Gasteiger charge is 2.16. The zero-order chi connectivity index (χ0) is 10.5. The molecule has 0 N–H and O–H groups in total. The lowest BCUT2D eigenvalue weighted by Gasteiger charge is -2.09. The van der Waals surface area contributed by atoms with E-state index < -0.39 is 0 Å². The molecule has 0 amide bonds. The van der Waals surface area contributed by atoms with E-state index >= 15 is 0 Å². The van der Waals surface area contributed by atoms with E-state index in [0.29, 0.717) is 6.61 Å². The van der Waals surface area contributed by atoms with E-state index in [1.165, 1.54) is 0 Å². The van der Waals surface area contributed by atoms with Gasteiger partial charge in [-0.25, -0.2) is 0 Å². The Morgan fingerprint density at radius 2 is 2.60 bits per heavy atom. The van der Waals surface area contributed by atoms with E-state index in [0.717, 1.165) is 38.2 Å². The molecule has 1 aromatic rings. The molecule has 15 heavy (non-hydrogen) atoms. The summed E-state index contributed by atoms with van der Waals surface area (Å²) in [6.07, 6.45) is 7.35. The zero-order valence-corrected chi connectivity index (χ0v) is 9.19. The summed E-state index contributed by atoms with van der Waals surface area (Å²) >= 11 is 0. The molecule has 4 heteroatoms. The zero-order valence-electron chi connectivity index (χ0n) is 9.19. The van der Waals surface area contributed by atoms with Crippen LogP contribution in [0.25, 0.3) is 0 Å². The second-order valence-corrected chi connectivity index (χ2v) is 3.89. The molecule has 1 unspecified atom stereocenters. The highest BCUT2D eigenvalue weighted by Crippen LogP contribution is 2.15. The van der Waals surface area contributed by atoms with Crippen LogP contribution in [-0.4, -0.2) is 29.1 Å². The van der Waals surface area contributed by atoms with E-state index in [-0.39, 0.29) is 6.10 Å². The van der Waals surface area contributed by atoms with Gasteiger partial charge in [-0.05, 0) is 19.3 Å². The Balaban J connectivity index is 1.77. The highest BCUT2D eigenvalue weighted by molar-refractivity contribution is 5.11. The van der Waals surface area contributed by atoms with E-state index in [4.69, 9.17) is 9.47 Å². The molecule has 1 saturated heterocycles. The predicted molar refractivity (Wildman–Crippen MR) is 57.0 cm³/mol. The van der Waals surface area contributed by atoms with Gasteiger partial charge in [-0.2, -0.15) is 5.10 Å². The van der Waals surface area contributed by atoms with Gasteiger partial charge in [-0.1, -0.05) is 6.92 Å². The summed E-state index contributed by atoms with van der Waals surface area (Å²) in [5.74, 6) is 0.846. The van der Waals surface area contributed by atoms with Crippen LogP contribution in [0.2, 0.25) is 0 Å². The van der Waals surface area contributed by atoms with E-state index in [9.17, 15) is 0 Å². The van der Waals surface area contributed by atoms with Crippen molar-refractivity contribution < 1.29 is 9.47 Å². The number of nitrogens with zero attached hydrogens (tertiary/aromatic N) is 2. The summed E-state index contributed by atoms with van der Waals surface area (Å²) in [7, 11) is 0. The molecule has 84 valence electrons. The Kier molecular flexibility index (Phi) is 3.61. The first-order valence-corrected chi connectivity index (χ1v) is 5.65. The number of aryl methyl sites for hydroxylation is 1. The second-order valence-electron chi connectivity index (χ2n) is 3.89. The fraction of sp³-hybridized carbons (Fsp3) is 0.727. The van der Waals surface area contributed by atoms with Gasteiger partial charge in [0.2, 0.25) is 0 Å². The second kappa shape index (κ2) is 5.16. The predicted octanol–water partition coefficient (Wildman–Crippen LogP) is 1.85. The molecule has 0 bridgehead atoms. The monoisotopic (exact) mass is 210 g/mol. The third kappa shape index (κ3) is 2.96. The lowest BCUT2D eigenvalue weighted by atomic mass is 10.2. The molecule has 2 heterocycles. The number of hydrogen-bond acceptors (Lipinski definition) is 3. The van der Waals surface area contributed by atoms with Gasteiger partial charge in [0, 0.05) is 13.2 Å². The van der Waals surface area contributed by atoms with Gasteiger partial charge in [0.25, 0.3) is 0 Å². The van der Waals surface area contributed by atoms with Gasteiger partial charge in [0.05, 0.1) is 18.5 Å². The fourth-order valence-electron chi connectivity index (χ4n) is 1.74. The minimum Gasteiger partial charge on any atom is -0.488 e. The summed E-state index contributed by atoms with van der Waals surface area (Å²) in [5.41, 5.74) is 0. The molecule has 1 aromatic heterocycles. The van der Waals surface area contributed by atoms with Crippen LogP contribution in [0, 0.1) is 0 Å². The summed E-state index contributed by atoms with van der Waals surface area (Å²) in [6, 6.07) is 0. The third-order valence-electron chi connectivity index (χ3n) is 2.52. The maximum atomic E-state index is 5.61. The van der Waals surface area contributed by atoms with Gasteiger partial charge < -0.3 is 9.47 Å². The van der Waals surface area contributed by atoms with Crippen LogP contribution in [0.3, 0.4) is 0 Å². The molecular weight excluding hydrogens is 192 g/mol. The first kappa shape index (κ1) is 10.5. The van der Waals surface area contributed by atoms with Crippen LogP contribution in [0.15, 0.2) is 12.4 Å². The van der Waals surface area contributed by atoms with Gasteiger partial charge in [-0.3, -0.25) is 4.68 Å². The lowest BCUT2D eigenvalue weighted by Crippen LogP contribution is -2.15. The Morgan fingerprint density at radius 3 is 3.33 bits per heavy atom. The SMILES string of the molecule is CCCn1cc(OCC2CCCO2)cn1. The van der Waals surface area contributed by atoms with E-state index in [1.54, 1.807) is 6.20 Å². The van der Waals surface area contributed by atoms with Gasteiger partial charge in [-0.15, -0.1) is 0 Å². The van der Waals surface area contributed by atoms with Crippen molar-refractivity contribution in [3.63, 3.8) is 0 Å². The number of rotatable bonds is 5. The number of hydrogen-bond donors (Lipinski definition) is 0. The van der Waals surface area contributed by atoms with Crippen LogP contribution < -0.4 is 4.74 Å². The molecule has 0 aliphatic carbocycles. The molecule has 2 rings (SSSR count). The Bertz CT molecular complexity index is 293. The average molecular weight is 210 g/mol. The van der Waals surface area contributed by atoms with Crippen LogP contribution in [0.1, 0.15) is 26.2 Å². The third-order valence-corrected chi connectivity index (χ3v) is 2.52. The summed E-state index contributed by atoms with van der Waals surface area (Å²) < 4.78 is 13.0. The van der Waals surface area contributed by atoms with Crippen LogP contribution in [0.5, 0.6) is 5.75 Å². The summed E-state index contributed by atoms with van der Waals surface area (Å²) in [4.78, 5) is 0. The number of aromatic nitrogens is 2. The van der Waals surface area contributed by atoms with E-state index in [2.05, 4.69) is 12.0 Å². The van der Waals surface area contributed by atoms with Gasteiger partial charge >= 0.3 is 0 Å². The highest BCUT2D eigenvalue weighted by atomic mass is 16.5. The molecule has 1 fully saturated rings. The summed E-state index contributed by atoms with van der Waals surface area (Å²) in [6.45, 7) is 4.61. The summed E-state index contributed by atoms with van der Waals surface area (Å²) in [5, 5.41) is 4.20. The molecule has 1 atom stereocenters. The topological polar surface area (TPSA) is 36.3 Å². The molecule has 0 radical (unpaired) electrons. The smallest absolute Gasteiger partial charge is 0.157 e. The minimum atomic E-state index is 0.277. The molecular formula is C11H18N2O2. The number of ether oxygens (including phenoxy) is 2. The van der Waals surface area contributed by atoms with Crippen molar-refractivity contribution in [2.45, 2.75) is 38.8 Å². The van der Waals surface area contributed by atoms with Crippen molar-refractivity contribution in [1.29, 1.82) is 0 Å². The van der Waals surface area contributed by atoms with Gasteiger partial charge in [0.1, 0.15) is 6.61 Å². The molecule has 0 saturated carbocycles. The minimum absolute atomic E-state index is 0.277. The maximum Gasteiger partial charge on any atom is 0.157 e. The van der Waals surface area contributed by atoms with Crippen LogP contribution in [-0.2, 0) is 11.3 Å². The van der Waals surface area contributed by atoms with Crippen molar-refractivity contribution in [3.05, 3.63) is 12.4 Å². The molecule has 1 aliphatic rings. The lowest BCUT2D eigenvalue weighted by molar-refractivity contribution is 0.0679. The molecule has 0 spiro atoms. The van der Waals surface area contributed by atoms with E-state index in [1.807, 2.05) is 10.9 Å². The normalized spacial score (nSPS) is 20.7. The first-order chi connectivity index (χ1) is 7.38. The van der Waals surface area contributed by atoms with Crippen molar-refractivity contribution in [2.75, 3.05) is 13.2 Å². The van der Waals surface area contributed by atoms with Crippen LogP contribution >= 0.6 is 0 Å². The van der Waals surface area contributed by atoms with Gasteiger partial charge in [0.15, 0.2) is 5.75 Å². The van der Waals surface area contributed by atoms with Crippen molar-refractivity contribution in [3.8, 4) is 5.75 Å². The fourth-order valence-corrected chi connectivity index (χ4v) is 1.74. The molecule has 1 aliphatic heterocycles. The van der Waals surface area contributed by atoms with Crippen LogP contribution in [0.4, 0.5) is 0 Å². The maximum absolute atomic E-state index is 5.61. The van der Waals surface area contributed by atoms with Crippen molar-refractivity contribution in [2.24, 2.45) is 0 Å². The molecule has 0 aromatic carbocycles. The van der Waals surface area contributed by atoms with Crippen molar-refractivity contribution in [1.82, 2.24) is 9.78 Å². The Labute approximate surface area is 90.2 Å². The standard InChI is InChI=1S/C11H18N2O2/c1-2-5-13-8-11(7-12-13)15-9-10-4-3-6-14-10/h7-8,10H,2-6,9H2,1H3. The Hall–Kier alpha value is -1.03.